The van der Waals surface area contributed by atoms with E-state index in [2.05, 4.69) is 44.8 Å². The summed E-state index contributed by atoms with van der Waals surface area (Å²) in [5, 5.41) is 23.2. The molecule has 0 bridgehead atoms. The number of ether oxygens (including phenoxy) is 1. The van der Waals surface area contributed by atoms with Crippen LogP contribution in [-0.4, -0.2) is 57.3 Å². The first-order valence-electron chi connectivity index (χ1n) is 10.8. The van der Waals surface area contributed by atoms with Gasteiger partial charge in [0.1, 0.15) is 5.03 Å². The van der Waals surface area contributed by atoms with Gasteiger partial charge in [-0.25, -0.2) is 4.98 Å². The molecule has 180 valence electrons. The monoisotopic (exact) mass is 538 g/mol. The fraction of sp³-hybridized carbons (Fsp3) is 0.429. The third kappa shape index (κ3) is 4.85. The Morgan fingerprint density at radius 3 is 2.56 bits per heavy atom. The number of aromatic nitrogens is 5. The largest absolute Gasteiger partial charge is 0.473 e. The molecule has 3 aromatic rings. The number of halogens is 2. The molecule has 0 spiro atoms. The molecule has 1 aromatic carbocycles. The number of fused-ring (bicyclic) bond motifs is 1. The van der Waals surface area contributed by atoms with Crippen LogP contribution in [0.4, 0.5) is 11.4 Å². The summed E-state index contributed by atoms with van der Waals surface area (Å²) in [5.41, 5.74) is 2.45. The molecule has 13 heteroatoms. The molecule has 1 fully saturated rings. The Morgan fingerprint density at radius 1 is 1.18 bits per heavy atom. The first-order chi connectivity index (χ1) is 16.4. The molecule has 4 heterocycles. The van der Waals surface area contributed by atoms with Crippen LogP contribution < -0.4 is 15.4 Å². The van der Waals surface area contributed by atoms with Gasteiger partial charge in [0.15, 0.2) is 0 Å². The van der Waals surface area contributed by atoms with Gasteiger partial charge in [-0.3, -0.25) is 0 Å². The number of anilines is 2. The summed E-state index contributed by atoms with van der Waals surface area (Å²) in [6.07, 6.45) is 4.04. The number of hydrogen-bond acceptors (Lipinski definition) is 10. The summed E-state index contributed by atoms with van der Waals surface area (Å²) in [4.78, 5) is 9.32. The fourth-order valence-corrected chi connectivity index (χ4v) is 6.00. The molecular formula is C21H24Cl2N8OS2. The van der Waals surface area contributed by atoms with Crippen LogP contribution >= 0.6 is 46.3 Å². The summed E-state index contributed by atoms with van der Waals surface area (Å²) < 4.78 is 5.29. The van der Waals surface area contributed by atoms with Gasteiger partial charge in [-0.15, -0.1) is 10.2 Å². The molecule has 0 saturated carbocycles. The highest BCUT2D eigenvalue weighted by atomic mass is 35.5. The van der Waals surface area contributed by atoms with Crippen LogP contribution in [0.2, 0.25) is 10.0 Å². The summed E-state index contributed by atoms with van der Waals surface area (Å²) in [6.45, 7) is 4.37. The van der Waals surface area contributed by atoms with Gasteiger partial charge in [0, 0.05) is 0 Å². The standard InChI is InChI=1S/C21H24Cl2N8OS2/c1-11(12-4-6-30(2)7-5-12)31-28-20(27-29-31)34-19-18(17-10-24-21(32-3)33-17)25-15-8-13(22)14(23)9-16(15)26-19/h8-12,25-26H,4-7H2,1-3H3. The summed E-state index contributed by atoms with van der Waals surface area (Å²) in [6, 6.07) is 3.78. The zero-order chi connectivity index (χ0) is 23.8. The molecule has 2 aliphatic heterocycles. The molecule has 1 saturated heterocycles. The minimum atomic E-state index is 0.189. The number of methoxy groups -OCH3 is 1. The molecule has 0 amide bonds. The maximum Gasteiger partial charge on any atom is 0.273 e. The smallest absolute Gasteiger partial charge is 0.273 e. The Balaban J connectivity index is 1.42. The van der Waals surface area contributed by atoms with Crippen LogP contribution in [-0.2, 0) is 0 Å². The highest BCUT2D eigenvalue weighted by molar-refractivity contribution is 8.03. The lowest BCUT2D eigenvalue weighted by Gasteiger charge is -2.31. The highest BCUT2D eigenvalue weighted by Gasteiger charge is 2.27. The van der Waals surface area contributed by atoms with Crippen molar-refractivity contribution < 1.29 is 4.74 Å². The lowest BCUT2D eigenvalue weighted by Crippen LogP contribution is -2.34. The highest BCUT2D eigenvalue weighted by Crippen LogP contribution is 2.44. The van der Waals surface area contributed by atoms with Crippen LogP contribution in [0.3, 0.4) is 0 Å². The van der Waals surface area contributed by atoms with E-state index in [1.165, 1.54) is 23.1 Å². The van der Waals surface area contributed by atoms with Crippen molar-refractivity contribution in [2.24, 2.45) is 5.92 Å². The van der Waals surface area contributed by atoms with Crippen LogP contribution in [0, 0.1) is 5.92 Å². The van der Waals surface area contributed by atoms with Crippen LogP contribution in [0.5, 0.6) is 5.19 Å². The number of likely N-dealkylation sites (tertiary alicyclic amines) is 1. The molecule has 34 heavy (non-hydrogen) atoms. The van der Waals surface area contributed by atoms with Gasteiger partial charge < -0.3 is 20.3 Å². The first kappa shape index (κ1) is 23.7. The normalized spacial score (nSPS) is 17.8. The van der Waals surface area contributed by atoms with Gasteiger partial charge in [0.05, 0.1) is 51.3 Å². The third-order valence-corrected chi connectivity index (χ3v) is 8.67. The number of benzene rings is 1. The number of piperidine rings is 1. The average Bonchev–Trinajstić information content (AvgIpc) is 3.50. The quantitative estimate of drug-likeness (QED) is 0.433. The van der Waals surface area contributed by atoms with Gasteiger partial charge in [0.25, 0.3) is 5.19 Å². The number of nitrogens with zero attached hydrogens (tertiary/aromatic N) is 6. The van der Waals surface area contributed by atoms with Crippen molar-refractivity contribution in [3.05, 3.63) is 38.3 Å². The molecule has 2 N–H and O–H groups in total. The maximum atomic E-state index is 6.26. The predicted octanol–water partition coefficient (Wildman–Crippen LogP) is 5.30. The molecular weight excluding hydrogens is 515 g/mol. The van der Waals surface area contributed by atoms with Gasteiger partial charge in [-0.2, -0.15) is 4.80 Å². The minimum Gasteiger partial charge on any atom is -0.473 e. The summed E-state index contributed by atoms with van der Waals surface area (Å²) in [7, 11) is 3.77. The van der Waals surface area contributed by atoms with Gasteiger partial charge >= 0.3 is 0 Å². The van der Waals surface area contributed by atoms with Crippen molar-refractivity contribution in [1.82, 2.24) is 30.1 Å². The van der Waals surface area contributed by atoms with E-state index in [0.29, 0.717) is 26.3 Å². The van der Waals surface area contributed by atoms with Crippen molar-refractivity contribution >= 4 is 63.4 Å². The number of nitrogens with one attached hydrogen (secondary N) is 2. The minimum absolute atomic E-state index is 0.189. The molecule has 2 aliphatic rings. The van der Waals surface area contributed by atoms with Crippen molar-refractivity contribution in [3.8, 4) is 5.19 Å². The van der Waals surface area contributed by atoms with Gasteiger partial charge in [0.2, 0.25) is 5.16 Å². The van der Waals surface area contributed by atoms with E-state index in [9.17, 15) is 0 Å². The van der Waals surface area contributed by atoms with E-state index in [1.54, 1.807) is 30.2 Å². The molecule has 1 unspecified atom stereocenters. The Labute approximate surface area is 215 Å². The van der Waals surface area contributed by atoms with Crippen LogP contribution in [0.15, 0.2) is 28.5 Å². The average molecular weight is 540 g/mol. The Bertz CT molecular complexity index is 1220. The Kier molecular flexibility index (Phi) is 6.90. The van der Waals surface area contributed by atoms with Gasteiger partial charge in [-0.1, -0.05) is 34.5 Å². The number of hydrogen-bond donors (Lipinski definition) is 2. The maximum absolute atomic E-state index is 6.26. The lowest BCUT2D eigenvalue weighted by atomic mass is 9.91. The molecule has 9 nitrogen and oxygen atoms in total. The van der Waals surface area contributed by atoms with Gasteiger partial charge in [-0.05, 0) is 74.9 Å². The second-order valence-electron chi connectivity index (χ2n) is 8.34. The molecule has 0 aliphatic carbocycles. The lowest BCUT2D eigenvalue weighted by molar-refractivity contribution is 0.165. The third-order valence-electron chi connectivity index (χ3n) is 6.11. The van der Waals surface area contributed by atoms with E-state index >= 15 is 0 Å². The van der Waals surface area contributed by atoms with Crippen LogP contribution in [0.25, 0.3) is 5.70 Å². The predicted molar refractivity (Wildman–Crippen MR) is 138 cm³/mol. The first-order valence-corrected chi connectivity index (χ1v) is 13.2. The fourth-order valence-electron chi connectivity index (χ4n) is 4.06. The van der Waals surface area contributed by atoms with E-state index in [1.807, 2.05) is 0 Å². The molecule has 5 rings (SSSR count). The second kappa shape index (κ2) is 9.90. The molecule has 1 atom stereocenters. The van der Waals surface area contributed by atoms with Crippen molar-refractivity contribution in [2.75, 3.05) is 37.9 Å². The van der Waals surface area contributed by atoms with E-state index < -0.39 is 0 Å². The van der Waals surface area contributed by atoms with Crippen LogP contribution in [0.1, 0.15) is 30.7 Å². The number of rotatable bonds is 6. The zero-order valence-corrected chi connectivity index (χ0v) is 22.0. The van der Waals surface area contributed by atoms with E-state index in [-0.39, 0.29) is 6.04 Å². The number of tetrazole rings is 1. The van der Waals surface area contributed by atoms with E-state index in [0.717, 1.165) is 52.9 Å². The topological polar surface area (TPSA) is 93.0 Å². The second-order valence-corrected chi connectivity index (χ2v) is 11.1. The van der Waals surface area contributed by atoms with Crippen molar-refractivity contribution in [3.63, 3.8) is 0 Å². The Hall–Kier alpha value is -2.05. The molecule has 2 aromatic heterocycles. The number of thiazole rings is 1. The van der Waals surface area contributed by atoms with Crippen molar-refractivity contribution in [2.45, 2.75) is 31.0 Å². The summed E-state index contributed by atoms with van der Waals surface area (Å²) in [5.74, 6) is 0.538. The number of thioether (sulfide) groups is 1. The zero-order valence-electron chi connectivity index (χ0n) is 18.9. The van der Waals surface area contributed by atoms with E-state index in [4.69, 9.17) is 33.0 Å². The Morgan fingerprint density at radius 2 is 1.88 bits per heavy atom. The molecule has 0 radical (unpaired) electrons. The van der Waals surface area contributed by atoms with Crippen molar-refractivity contribution in [1.29, 1.82) is 0 Å². The SMILES string of the molecule is COc1ncc(C2=C(Sc3nnn(C(C)C4CCN(C)CC4)n3)Nc3cc(Cl)c(Cl)cc3N2)s1. The summed E-state index contributed by atoms with van der Waals surface area (Å²) >= 11 is 15.3.